The lowest BCUT2D eigenvalue weighted by atomic mass is 10.0. The van der Waals surface area contributed by atoms with Crippen LogP contribution in [0.2, 0.25) is 0 Å². The second-order valence-corrected chi connectivity index (χ2v) is 5.29. The molecule has 0 spiro atoms. The van der Waals surface area contributed by atoms with E-state index in [1.54, 1.807) is 18.5 Å². The fourth-order valence-corrected chi connectivity index (χ4v) is 1.77. The molecule has 2 rings (SSSR count). The predicted molar refractivity (Wildman–Crippen MR) is 74.8 cm³/mol. The molecule has 0 atom stereocenters. The molecule has 98 valence electrons. The van der Waals surface area contributed by atoms with E-state index >= 15 is 0 Å². The molecule has 0 aliphatic rings. The van der Waals surface area contributed by atoms with Crippen LogP contribution in [0.4, 0.5) is 0 Å². The fraction of sp³-hybridized carbons (Fsp3) is 0.250. The number of hydrogen-bond donors (Lipinski definition) is 0. The van der Waals surface area contributed by atoms with Gasteiger partial charge >= 0.3 is 5.97 Å². The largest absolute Gasteiger partial charge is 0.456 e. The van der Waals surface area contributed by atoms with Gasteiger partial charge < -0.3 is 4.74 Å². The van der Waals surface area contributed by atoms with Gasteiger partial charge in [0, 0.05) is 18.0 Å². The average Bonchev–Trinajstić information content (AvgIpc) is 2.38. The molecule has 0 unspecified atom stereocenters. The Labute approximate surface area is 113 Å². The van der Waals surface area contributed by atoms with Crippen LogP contribution in [0.1, 0.15) is 31.1 Å². The highest BCUT2D eigenvalue weighted by molar-refractivity contribution is 5.97. The minimum atomic E-state index is -0.501. The van der Waals surface area contributed by atoms with Crippen molar-refractivity contribution in [3.63, 3.8) is 0 Å². The van der Waals surface area contributed by atoms with Gasteiger partial charge in [-0.2, -0.15) is 0 Å². The maximum Gasteiger partial charge on any atom is 0.339 e. The summed E-state index contributed by atoms with van der Waals surface area (Å²) in [6.07, 6.45) is 3.45. The van der Waals surface area contributed by atoms with Gasteiger partial charge in [-0.1, -0.05) is 24.3 Å². The highest BCUT2D eigenvalue weighted by atomic mass is 16.6. The van der Waals surface area contributed by atoms with Crippen molar-refractivity contribution in [2.75, 3.05) is 0 Å². The molecule has 3 nitrogen and oxygen atoms in total. The molecule has 0 aliphatic carbocycles. The van der Waals surface area contributed by atoms with E-state index in [0.717, 1.165) is 11.1 Å². The van der Waals surface area contributed by atoms with Crippen LogP contribution in [0.15, 0.2) is 48.8 Å². The van der Waals surface area contributed by atoms with Crippen molar-refractivity contribution in [1.82, 2.24) is 4.98 Å². The van der Waals surface area contributed by atoms with Crippen LogP contribution >= 0.6 is 0 Å². The van der Waals surface area contributed by atoms with E-state index in [9.17, 15) is 4.79 Å². The van der Waals surface area contributed by atoms with Crippen molar-refractivity contribution in [1.29, 1.82) is 0 Å². The van der Waals surface area contributed by atoms with E-state index in [4.69, 9.17) is 4.74 Å². The molecular formula is C16H17NO2. The van der Waals surface area contributed by atoms with Gasteiger partial charge in [0.25, 0.3) is 0 Å². The van der Waals surface area contributed by atoms with E-state index in [1.807, 2.05) is 51.1 Å². The number of esters is 1. The van der Waals surface area contributed by atoms with E-state index in [1.165, 1.54) is 0 Å². The summed E-state index contributed by atoms with van der Waals surface area (Å²) in [6, 6.07) is 11.2. The number of nitrogens with zero attached hydrogens (tertiary/aromatic N) is 1. The minimum absolute atomic E-state index is 0.313. The molecule has 0 radical (unpaired) electrons. The number of aromatic nitrogens is 1. The van der Waals surface area contributed by atoms with Crippen molar-refractivity contribution in [2.24, 2.45) is 0 Å². The Kier molecular flexibility index (Phi) is 3.65. The molecular weight excluding hydrogens is 238 g/mol. The van der Waals surface area contributed by atoms with Gasteiger partial charge in [0.15, 0.2) is 0 Å². The molecule has 0 saturated carbocycles. The standard InChI is InChI=1S/C16H17NO2/c1-16(2,3)19-15(18)14-9-5-4-8-13(14)12-7-6-10-17-11-12/h4-11H,1-3H3. The van der Waals surface area contributed by atoms with Gasteiger partial charge in [0.1, 0.15) is 5.60 Å². The lowest BCUT2D eigenvalue weighted by Crippen LogP contribution is -2.24. The summed E-state index contributed by atoms with van der Waals surface area (Å²) in [6.45, 7) is 5.58. The second-order valence-electron chi connectivity index (χ2n) is 5.29. The average molecular weight is 255 g/mol. The normalized spacial score (nSPS) is 11.1. The third-order valence-corrected chi connectivity index (χ3v) is 2.52. The molecule has 2 aromatic rings. The van der Waals surface area contributed by atoms with E-state index in [-0.39, 0.29) is 5.97 Å². The smallest absolute Gasteiger partial charge is 0.339 e. The van der Waals surface area contributed by atoms with Crippen molar-refractivity contribution in [2.45, 2.75) is 26.4 Å². The van der Waals surface area contributed by atoms with Crippen LogP contribution < -0.4 is 0 Å². The quantitative estimate of drug-likeness (QED) is 0.768. The number of hydrogen-bond acceptors (Lipinski definition) is 3. The molecule has 19 heavy (non-hydrogen) atoms. The summed E-state index contributed by atoms with van der Waals surface area (Å²) >= 11 is 0. The SMILES string of the molecule is CC(C)(C)OC(=O)c1ccccc1-c1cccnc1. The maximum atomic E-state index is 12.2. The minimum Gasteiger partial charge on any atom is -0.456 e. The Morgan fingerprint density at radius 2 is 1.84 bits per heavy atom. The summed E-state index contributed by atoms with van der Waals surface area (Å²) in [5.41, 5.74) is 1.80. The first-order valence-corrected chi connectivity index (χ1v) is 6.20. The third kappa shape index (κ3) is 3.41. The Bertz CT molecular complexity index is 571. The first kappa shape index (κ1) is 13.3. The molecule has 1 heterocycles. The molecule has 1 aromatic carbocycles. The highest BCUT2D eigenvalue weighted by Crippen LogP contribution is 2.24. The van der Waals surface area contributed by atoms with Gasteiger partial charge in [-0.15, -0.1) is 0 Å². The predicted octanol–water partition coefficient (Wildman–Crippen LogP) is 3.70. The Morgan fingerprint density at radius 3 is 2.47 bits per heavy atom. The molecule has 1 aromatic heterocycles. The lowest BCUT2D eigenvalue weighted by molar-refractivity contribution is 0.00705. The number of carbonyl (C=O) groups excluding carboxylic acids is 1. The van der Waals surface area contributed by atoms with Crippen molar-refractivity contribution >= 4 is 5.97 Å². The summed E-state index contributed by atoms with van der Waals surface area (Å²) in [5, 5.41) is 0. The lowest BCUT2D eigenvalue weighted by Gasteiger charge is -2.20. The number of carbonyl (C=O) groups is 1. The van der Waals surface area contributed by atoms with Crippen molar-refractivity contribution in [3.05, 3.63) is 54.4 Å². The van der Waals surface area contributed by atoms with Crippen LogP contribution in [0.25, 0.3) is 11.1 Å². The van der Waals surface area contributed by atoms with Crippen LogP contribution in [0, 0.1) is 0 Å². The van der Waals surface area contributed by atoms with Crippen molar-refractivity contribution < 1.29 is 9.53 Å². The summed E-state index contributed by atoms with van der Waals surface area (Å²) < 4.78 is 5.43. The number of ether oxygens (including phenoxy) is 1. The topological polar surface area (TPSA) is 39.2 Å². The first-order chi connectivity index (χ1) is 8.97. The number of rotatable bonds is 2. The van der Waals surface area contributed by atoms with Gasteiger partial charge in [-0.25, -0.2) is 4.79 Å². The van der Waals surface area contributed by atoms with E-state index in [2.05, 4.69) is 4.98 Å². The van der Waals surface area contributed by atoms with Gasteiger partial charge in [0.2, 0.25) is 0 Å². The van der Waals surface area contributed by atoms with E-state index in [0.29, 0.717) is 5.56 Å². The highest BCUT2D eigenvalue weighted by Gasteiger charge is 2.20. The van der Waals surface area contributed by atoms with Crippen LogP contribution in [0.5, 0.6) is 0 Å². The Hall–Kier alpha value is -2.16. The van der Waals surface area contributed by atoms with Crippen LogP contribution in [-0.4, -0.2) is 16.6 Å². The van der Waals surface area contributed by atoms with Gasteiger partial charge in [-0.3, -0.25) is 4.98 Å². The molecule has 3 heteroatoms. The number of benzene rings is 1. The van der Waals surface area contributed by atoms with Crippen LogP contribution in [0.3, 0.4) is 0 Å². The molecule has 0 bridgehead atoms. The Balaban J connectivity index is 2.40. The first-order valence-electron chi connectivity index (χ1n) is 6.20. The number of pyridine rings is 1. The molecule has 0 amide bonds. The molecule has 0 aliphatic heterocycles. The Morgan fingerprint density at radius 1 is 1.11 bits per heavy atom. The van der Waals surface area contributed by atoms with Gasteiger partial charge in [0.05, 0.1) is 5.56 Å². The fourth-order valence-electron chi connectivity index (χ4n) is 1.77. The summed E-state index contributed by atoms with van der Waals surface area (Å²) in [7, 11) is 0. The summed E-state index contributed by atoms with van der Waals surface area (Å²) in [5.74, 6) is -0.313. The zero-order valence-electron chi connectivity index (χ0n) is 11.4. The zero-order valence-corrected chi connectivity index (χ0v) is 11.4. The molecule has 0 saturated heterocycles. The zero-order chi connectivity index (χ0) is 13.9. The third-order valence-electron chi connectivity index (χ3n) is 2.52. The van der Waals surface area contributed by atoms with E-state index < -0.39 is 5.60 Å². The summed E-state index contributed by atoms with van der Waals surface area (Å²) in [4.78, 5) is 16.3. The molecule has 0 fully saturated rings. The van der Waals surface area contributed by atoms with Gasteiger partial charge in [-0.05, 0) is 38.5 Å². The van der Waals surface area contributed by atoms with Crippen molar-refractivity contribution in [3.8, 4) is 11.1 Å². The molecule has 0 N–H and O–H groups in total. The maximum absolute atomic E-state index is 12.2. The second kappa shape index (κ2) is 5.22. The van der Waals surface area contributed by atoms with Crippen LogP contribution in [-0.2, 0) is 4.74 Å². The monoisotopic (exact) mass is 255 g/mol.